The molecule has 5 nitrogen and oxygen atoms in total. The predicted molar refractivity (Wildman–Crippen MR) is 44.3 cm³/mol. The SMILES string of the molecule is [O]Cc1nnnn1C1CCCCC1. The van der Waals surface area contributed by atoms with Crippen molar-refractivity contribution in [3.8, 4) is 0 Å². The minimum absolute atomic E-state index is 0.316. The van der Waals surface area contributed by atoms with Crippen LogP contribution in [0.4, 0.5) is 0 Å². The summed E-state index contributed by atoms with van der Waals surface area (Å²) in [5.74, 6) is 0.479. The quantitative estimate of drug-likeness (QED) is 0.686. The standard InChI is InChI=1S/C8H13N4O/c13-6-8-9-10-11-12(8)7-4-2-1-3-5-7/h7H,1-6H2. The number of aromatic nitrogens is 4. The largest absolute Gasteiger partial charge is 0.228 e. The van der Waals surface area contributed by atoms with Crippen LogP contribution in [0.1, 0.15) is 44.0 Å². The fourth-order valence-electron chi connectivity index (χ4n) is 1.92. The van der Waals surface area contributed by atoms with Gasteiger partial charge in [0.05, 0.1) is 6.04 Å². The first kappa shape index (κ1) is 8.62. The van der Waals surface area contributed by atoms with E-state index in [1.54, 1.807) is 4.68 Å². The molecule has 71 valence electrons. The van der Waals surface area contributed by atoms with Gasteiger partial charge in [0, 0.05) is 0 Å². The average Bonchev–Trinajstić information content (AvgIpc) is 2.67. The van der Waals surface area contributed by atoms with Crippen LogP contribution in [-0.2, 0) is 11.7 Å². The summed E-state index contributed by atoms with van der Waals surface area (Å²) in [6.07, 6.45) is 5.97. The molecule has 0 saturated heterocycles. The van der Waals surface area contributed by atoms with Gasteiger partial charge in [-0.3, -0.25) is 0 Å². The van der Waals surface area contributed by atoms with Gasteiger partial charge in [0.15, 0.2) is 5.82 Å². The minimum Gasteiger partial charge on any atom is -0.228 e. The molecule has 1 heterocycles. The molecule has 1 fully saturated rings. The first-order valence-corrected chi connectivity index (χ1v) is 4.76. The summed E-state index contributed by atoms with van der Waals surface area (Å²) in [5, 5.41) is 21.8. The molecule has 0 atom stereocenters. The van der Waals surface area contributed by atoms with Crippen LogP contribution < -0.4 is 0 Å². The third-order valence-corrected chi connectivity index (χ3v) is 2.61. The number of nitrogens with zero attached hydrogens (tertiary/aromatic N) is 4. The van der Waals surface area contributed by atoms with Crippen LogP contribution >= 0.6 is 0 Å². The summed E-state index contributed by atoms with van der Waals surface area (Å²) in [7, 11) is 0. The molecule has 5 heteroatoms. The molecule has 0 N–H and O–H groups in total. The zero-order valence-electron chi connectivity index (χ0n) is 7.52. The minimum atomic E-state index is -0.316. The molecule has 0 unspecified atom stereocenters. The molecule has 0 aromatic carbocycles. The van der Waals surface area contributed by atoms with Gasteiger partial charge in [0.25, 0.3) is 0 Å². The van der Waals surface area contributed by atoms with Crippen molar-refractivity contribution in [2.75, 3.05) is 0 Å². The van der Waals surface area contributed by atoms with Gasteiger partial charge in [-0.2, -0.15) is 0 Å². The number of hydrogen-bond acceptors (Lipinski definition) is 3. The Labute approximate surface area is 76.8 Å². The molecule has 0 bridgehead atoms. The monoisotopic (exact) mass is 181 g/mol. The van der Waals surface area contributed by atoms with E-state index in [0.717, 1.165) is 12.8 Å². The summed E-state index contributed by atoms with van der Waals surface area (Å²) < 4.78 is 1.71. The highest BCUT2D eigenvalue weighted by atomic mass is 16.3. The molecule has 2 rings (SSSR count). The summed E-state index contributed by atoms with van der Waals surface area (Å²) in [6, 6.07) is 0.368. The second-order valence-corrected chi connectivity index (χ2v) is 3.48. The summed E-state index contributed by atoms with van der Waals surface area (Å²) in [4.78, 5) is 0. The normalized spacial score (nSPS) is 19.2. The highest BCUT2D eigenvalue weighted by Crippen LogP contribution is 2.27. The maximum atomic E-state index is 10.7. The summed E-state index contributed by atoms with van der Waals surface area (Å²) >= 11 is 0. The van der Waals surface area contributed by atoms with Gasteiger partial charge in [0.1, 0.15) is 6.61 Å². The summed E-state index contributed by atoms with van der Waals surface area (Å²) in [6.45, 7) is -0.316. The van der Waals surface area contributed by atoms with Crippen molar-refractivity contribution in [3.05, 3.63) is 5.82 Å². The van der Waals surface area contributed by atoms with E-state index in [-0.39, 0.29) is 6.61 Å². The van der Waals surface area contributed by atoms with Gasteiger partial charge in [-0.1, -0.05) is 19.3 Å². The average molecular weight is 181 g/mol. The Hall–Kier alpha value is -0.970. The Morgan fingerprint density at radius 2 is 2.08 bits per heavy atom. The zero-order chi connectivity index (χ0) is 9.10. The topological polar surface area (TPSA) is 63.5 Å². The zero-order valence-corrected chi connectivity index (χ0v) is 7.52. The van der Waals surface area contributed by atoms with Crippen molar-refractivity contribution in [1.29, 1.82) is 0 Å². The molecular weight excluding hydrogens is 168 g/mol. The molecular formula is C8H13N4O. The number of rotatable bonds is 2. The van der Waals surface area contributed by atoms with E-state index in [9.17, 15) is 5.11 Å². The molecule has 0 amide bonds. The Morgan fingerprint density at radius 1 is 1.31 bits per heavy atom. The van der Waals surface area contributed by atoms with Crippen LogP contribution in [0.15, 0.2) is 0 Å². The lowest BCUT2D eigenvalue weighted by Crippen LogP contribution is -2.16. The Morgan fingerprint density at radius 3 is 2.77 bits per heavy atom. The lowest BCUT2D eigenvalue weighted by Gasteiger charge is -2.21. The first-order chi connectivity index (χ1) is 6.42. The van der Waals surface area contributed by atoms with Crippen LogP contribution in [0.2, 0.25) is 0 Å². The highest BCUT2D eigenvalue weighted by molar-refractivity contribution is 4.82. The molecule has 0 aliphatic heterocycles. The number of hydrogen-bond donors (Lipinski definition) is 0. The van der Waals surface area contributed by atoms with E-state index in [4.69, 9.17) is 0 Å². The van der Waals surface area contributed by atoms with E-state index >= 15 is 0 Å². The lowest BCUT2D eigenvalue weighted by atomic mass is 9.96. The van der Waals surface area contributed by atoms with Crippen molar-refractivity contribution in [3.63, 3.8) is 0 Å². The molecule has 0 spiro atoms. The first-order valence-electron chi connectivity index (χ1n) is 4.76. The van der Waals surface area contributed by atoms with Crippen LogP contribution in [0.3, 0.4) is 0 Å². The Kier molecular flexibility index (Phi) is 2.54. The Balaban J connectivity index is 2.13. The summed E-state index contributed by atoms with van der Waals surface area (Å²) in [5.41, 5.74) is 0. The molecule has 1 aliphatic carbocycles. The molecule has 1 radical (unpaired) electrons. The van der Waals surface area contributed by atoms with Crippen LogP contribution in [0.25, 0.3) is 0 Å². The molecule has 1 aromatic heterocycles. The van der Waals surface area contributed by atoms with E-state index in [1.165, 1.54) is 19.3 Å². The molecule has 1 aliphatic rings. The van der Waals surface area contributed by atoms with Crippen LogP contribution in [-0.4, -0.2) is 20.2 Å². The van der Waals surface area contributed by atoms with Crippen LogP contribution in [0.5, 0.6) is 0 Å². The van der Waals surface area contributed by atoms with Crippen molar-refractivity contribution in [1.82, 2.24) is 20.2 Å². The van der Waals surface area contributed by atoms with Gasteiger partial charge >= 0.3 is 0 Å². The van der Waals surface area contributed by atoms with Crippen molar-refractivity contribution in [2.24, 2.45) is 0 Å². The third kappa shape index (κ3) is 1.70. The predicted octanol–water partition coefficient (Wildman–Crippen LogP) is 1.11. The number of tetrazole rings is 1. The second kappa shape index (κ2) is 3.83. The molecule has 1 aromatic rings. The maximum absolute atomic E-state index is 10.7. The fraction of sp³-hybridized carbons (Fsp3) is 0.875. The lowest BCUT2D eigenvalue weighted by molar-refractivity contribution is 0.158. The van der Waals surface area contributed by atoms with Gasteiger partial charge < -0.3 is 0 Å². The maximum Gasteiger partial charge on any atom is 0.180 e. The Bertz CT molecular complexity index is 267. The van der Waals surface area contributed by atoms with Crippen molar-refractivity contribution >= 4 is 0 Å². The van der Waals surface area contributed by atoms with Crippen LogP contribution in [0, 0.1) is 0 Å². The van der Waals surface area contributed by atoms with E-state index < -0.39 is 0 Å². The van der Waals surface area contributed by atoms with Gasteiger partial charge in [-0.05, 0) is 23.3 Å². The van der Waals surface area contributed by atoms with E-state index in [2.05, 4.69) is 15.5 Å². The second-order valence-electron chi connectivity index (χ2n) is 3.48. The van der Waals surface area contributed by atoms with E-state index in [1.807, 2.05) is 0 Å². The highest BCUT2D eigenvalue weighted by Gasteiger charge is 2.19. The van der Waals surface area contributed by atoms with Gasteiger partial charge in [-0.25, -0.2) is 9.79 Å². The van der Waals surface area contributed by atoms with E-state index in [0.29, 0.717) is 11.9 Å². The molecule has 13 heavy (non-hydrogen) atoms. The van der Waals surface area contributed by atoms with Crippen molar-refractivity contribution in [2.45, 2.75) is 44.8 Å². The molecule has 1 saturated carbocycles. The van der Waals surface area contributed by atoms with Crippen molar-refractivity contribution < 1.29 is 5.11 Å². The van der Waals surface area contributed by atoms with Gasteiger partial charge in [-0.15, -0.1) is 5.10 Å². The van der Waals surface area contributed by atoms with Gasteiger partial charge in [0.2, 0.25) is 0 Å². The fourth-order valence-corrected chi connectivity index (χ4v) is 1.92. The smallest absolute Gasteiger partial charge is 0.180 e. The third-order valence-electron chi connectivity index (χ3n) is 2.61.